The molecule has 5 atom stereocenters. The first-order valence-corrected chi connectivity index (χ1v) is 12.9. The van der Waals surface area contributed by atoms with Crippen molar-refractivity contribution >= 4 is 32.6 Å². The first-order chi connectivity index (χ1) is 16.7. The summed E-state index contributed by atoms with van der Waals surface area (Å²) in [5.74, 6) is -0.731. The van der Waals surface area contributed by atoms with Gasteiger partial charge < -0.3 is 29.7 Å². The highest BCUT2D eigenvalue weighted by Crippen LogP contribution is 2.26. The van der Waals surface area contributed by atoms with E-state index in [4.69, 9.17) is 9.47 Å². The summed E-state index contributed by atoms with van der Waals surface area (Å²) >= 11 is 0. The van der Waals surface area contributed by atoms with Crippen molar-refractivity contribution in [1.82, 2.24) is 4.72 Å². The van der Waals surface area contributed by atoms with Crippen LogP contribution in [0.4, 0.5) is 5.69 Å². The van der Waals surface area contributed by atoms with Crippen LogP contribution in [0.1, 0.15) is 12.5 Å². The van der Waals surface area contributed by atoms with E-state index in [1.54, 1.807) is 18.2 Å². The largest absolute Gasteiger partial charge is 0.390 e. The summed E-state index contributed by atoms with van der Waals surface area (Å²) in [5, 5.41) is 41.4. The number of hydrogen-bond acceptors (Lipinski definition) is 9. The van der Waals surface area contributed by atoms with Crippen LogP contribution in [0.3, 0.4) is 0 Å². The zero-order chi connectivity index (χ0) is 25.2. The molecule has 2 aromatic carbocycles. The van der Waals surface area contributed by atoms with Crippen molar-refractivity contribution < 1.29 is 33.2 Å². The number of nitriles is 1. The van der Waals surface area contributed by atoms with E-state index in [9.17, 15) is 29.0 Å². The molecule has 2 saturated heterocycles. The number of nitrogens with one attached hydrogen (secondary N) is 1. The fraction of sp³-hybridized carbons (Fsp3) is 0.458. The van der Waals surface area contributed by atoms with Crippen molar-refractivity contribution in [2.24, 2.45) is 5.92 Å². The number of aliphatic hydroxyl groups excluding tert-OH is 3. The molecule has 188 valence electrons. The first kappa shape index (κ1) is 25.5. The average Bonchev–Trinajstić information content (AvgIpc) is 2.87. The van der Waals surface area contributed by atoms with Crippen LogP contribution >= 0.6 is 0 Å². The molecule has 1 unspecified atom stereocenters. The lowest BCUT2D eigenvalue weighted by atomic mass is 9.92. The molecule has 0 bridgehead atoms. The summed E-state index contributed by atoms with van der Waals surface area (Å²) in [7, 11) is -4.24. The summed E-state index contributed by atoms with van der Waals surface area (Å²) in [6.45, 7) is 4.10. The van der Waals surface area contributed by atoms with E-state index in [1.165, 1.54) is 13.0 Å². The molecule has 2 aromatic rings. The minimum atomic E-state index is -4.24. The van der Waals surface area contributed by atoms with Gasteiger partial charge in [0.05, 0.1) is 19.3 Å². The highest BCUT2D eigenvalue weighted by molar-refractivity contribution is 7.93. The molecule has 11 heteroatoms. The third-order valence-corrected chi connectivity index (χ3v) is 7.76. The molecule has 35 heavy (non-hydrogen) atoms. The average molecular weight is 504 g/mol. The molecule has 0 spiro atoms. The van der Waals surface area contributed by atoms with Crippen molar-refractivity contribution in [2.45, 2.75) is 31.5 Å². The Labute approximate surface area is 204 Å². The minimum absolute atomic E-state index is 0.425. The monoisotopic (exact) mass is 503 g/mol. The Morgan fingerprint density at radius 2 is 1.83 bits per heavy atom. The van der Waals surface area contributed by atoms with Gasteiger partial charge in [0.2, 0.25) is 0 Å². The standard InChI is InChI=1S/C24H29N3O7S/c1-15-22(28)23(29)21(34-24(15)30)14-26-35(31,32)20(13-25)11-16-2-3-18-12-19(5-4-17(18)10-16)27-6-8-33-9-7-27/h2-5,10-12,15,21-24,26,28-30H,6-9,14H2,1H3/b20-11+/t15-,21-,22-,23-,24?/m1/s1. The summed E-state index contributed by atoms with van der Waals surface area (Å²) in [5.41, 5.74) is 1.62. The summed E-state index contributed by atoms with van der Waals surface area (Å²) in [6, 6.07) is 13.1. The van der Waals surface area contributed by atoms with E-state index in [0.29, 0.717) is 18.8 Å². The quantitative estimate of drug-likeness (QED) is 0.414. The van der Waals surface area contributed by atoms with Crippen LogP contribution in [0.5, 0.6) is 0 Å². The van der Waals surface area contributed by atoms with E-state index in [-0.39, 0.29) is 0 Å². The van der Waals surface area contributed by atoms with E-state index in [1.807, 2.05) is 18.2 Å². The molecule has 2 heterocycles. The van der Waals surface area contributed by atoms with Gasteiger partial charge in [-0.1, -0.05) is 25.1 Å². The van der Waals surface area contributed by atoms with Gasteiger partial charge in [-0.15, -0.1) is 0 Å². The highest BCUT2D eigenvalue weighted by atomic mass is 32.2. The molecule has 2 aliphatic heterocycles. The van der Waals surface area contributed by atoms with E-state index < -0.39 is 52.0 Å². The van der Waals surface area contributed by atoms with Crippen molar-refractivity contribution in [3.05, 3.63) is 46.9 Å². The van der Waals surface area contributed by atoms with Crippen LogP contribution < -0.4 is 9.62 Å². The Balaban J connectivity index is 1.49. The van der Waals surface area contributed by atoms with Crippen LogP contribution in [0, 0.1) is 17.2 Å². The van der Waals surface area contributed by atoms with Crippen LogP contribution in [-0.2, 0) is 19.5 Å². The normalized spacial score (nSPS) is 28.1. The fourth-order valence-corrected chi connectivity index (χ4v) is 5.15. The van der Waals surface area contributed by atoms with Crippen LogP contribution in [-0.4, -0.2) is 81.2 Å². The van der Waals surface area contributed by atoms with Gasteiger partial charge in [0.25, 0.3) is 10.0 Å². The zero-order valence-electron chi connectivity index (χ0n) is 19.2. The van der Waals surface area contributed by atoms with Gasteiger partial charge >= 0.3 is 0 Å². The number of fused-ring (bicyclic) bond motifs is 1. The number of allylic oxidation sites excluding steroid dienone is 1. The van der Waals surface area contributed by atoms with Crippen molar-refractivity contribution in [3.8, 4) is 6.07 Å². The van der Waals surface area contributed by atoms with Crippen molar-refractivity contribution in [2.75, 3.05) is 37.7 Å². The molecule has 0 radical (unpaired) electrons. The number of nitrogens with zero attached hydrogens (tertiary/aromatic N) is 2. The first-order valence-electron chi connectivity index (χ1n) is 11.4. The number of rotatable bonds is 6. The molecule has 2 fully saturated rings. The number of anilines is 1. The number of benzene rings is 2. The van der Waals surface area contributed by atoms with Gasteiger partial charge in [0, 0.05) is 31.2 Å². The third-order valence-electron chi connectivity index (χ3n) is 6.43. The lowest BCUT2D eigenvalue weighted by Crippen LogP contribution is -2.56. The smallest absolute Gasteiger partial charge is 0.250 e. The predicted octanol–water partition coefficient (Wildman–Crippen LogP) is 0.535. The molecule has 0 amide bonds. The van der Waals surface area contributed by atoms with Crippen molar-refractivity contribution in [1.29, 1.82) is 5.26 Å². The van der Waals surface area contributed by atoms with Gasteiger partial charge in [-0.2, -0.15) is 5.26 Å². The second-order valence-corrected chi connectivity index (χ2v) is 10.5. The second-order valence-electron chi connectivity index (χ2n) is 8.77. The minimum Gasteiger partial charge on any atom is -0.390 e. The lowest BCUT2D eigenvalue weighted by Gasteiger charge is -2.39. The van der Waals surface area contributed by atoms with Gasteiger partial charge in [0.1, 0.15) is 18.3 Å². The predicted molar refractivity (Wildman–Crippen MR) is 130 cm³/mol. The molecule has 0 saturated carbocycles. The topological polar surface area (TPSA) is 152 Å². The Kier molecular flexibility index (Phi) is 7.73. The number of ether oxygens (including phenoxy) is 2. The van der Waals surface area contributed by atoms with Crippen molar-refractivity contribution in [3.63, 3.8) is 0 Å². The Hall–Kier alpha value is -2.56. The summed E-state index contributed by atoms with van der Waals surface area (Å²) < 4.78 is 38.3. The molecule has 4 N–H and O–H groups in total. The molecule has 0 aliphatic carbocycles. The van der Waals surface area contributed by atoms with E-state index in [0.717, 1.165) is 29.5 Å². The van der Waals surface area contributed by atoms with Gasteiger partial charge in [0.15, 0.2) is 11.2 Å². The molecule has 2 aliphatic rings. The number of sulfonamides is 1. The Morgan fingerprint density at radius 1 is 1.14 bits per heavy atom. The lowest BCUT2D eigenvalue weighted by molar-refractivity contribution is -0.257. The Bertz CT molecular complexity index is 1240. The van der Waals surface area contributed by atoms with Gasteiger partial charge in [-0.3, -0.25) is 0 Å². The molecule has 10 nitrogen and oxygen atoms in total. The SMILES string of the molecule is C[C@H]1C(O)O[C@H](CNS(=O)(=O)/C(C#N)=C/c2ccc3cc(N4CCOCC4)ccc3c2)[C@@H](O)[C@@H]1O. The van der Waals surface area contributed by atoms with Gasteiger partial charge in [-0.05, 0) is 40.6 Å². The molecule has 0 aromatic heterocycles. The Morgan fingerprint density at radius 3 is 2.54 bits per heavy atom. The van der Waals surface area contributed by atoms with E-state index >= 15 is 0 Å². The maximum atomic E-state index is 12.7. The maximum Gasteiger partial charge on any atom is 0.250 e. The number of aliphatic hydroxyl groups is 3. The number of morpholine rings is 1. The zero-order valence-corrected chi connectivity index (χ0v) is 20.1. The maximum absolute atomic E-state index is 12.7. The summed E-state index contributed by atoms with van der Waals surface area (Å²) in [6.07, 6.45) is -3.93. The second kappa shape index (κ2) is 10.6. The summed E-state index contributed by atoms with van der Waals surface area (Å²) in [4.78, 5) is 1.73. The molecular formula is C24H29N3O7S. The highest BCUT2D eigenvalue weighted by Gasteiger charge is 2.41. The third kappa shape index (κ3) is 5.65. The van der Waals surface area contributed by atoms with Crippen LogP contribution in [0.2, 0.25) is 0 Å². The van der Waals surface area contributed by atoms with E-state index in [2.05, 4.69) is 15.7 Å². The van der Waals surface area contributed by atoms with Crippen LogP contribution in [0.15, 0.2) is 41.3 Å². The number of hydrogen-bond donors (Lipinski definition) is 4. The molecular weight excluding hydrogens is 474 g/mol. The van der Waals surface area contributed by atoms with Gasteiger partial charge in [-0.25, -0.2) is 13.1 Å². The van der Waals surface area contributed by atoms with Crippen LogP contribution in [0.25, 0.3) is 16.8 Å². The fourth-order valence-electron chi connectivity index (χ4n) is 4.20. The molecule has 4 rings (SSSR count).